The number of hydrogen-bond donors (Lipinski definition) is 0. The van der Waals surface area contributed by atoms with E-state index in [1.807, 2.05) is 6.92 Å². The molecule has 0 aromatic carbocycles. The Bertz CT molecular complexity index is 380. The Morgan fingerprint density at radius 3 is 2.68 bits per heavy atom. The van der Waals surface area contributed by atoms with Gasteiger partial charge < -0.3 is 0 Å². The van der Waals surface area contributed by atoms with E-state index in [1.54, 1.807) is 4.68 Å². The quantitative estimate of drug-likeness (QED) is 0.370. The number of aryl methyl sites for hydroxylation is 1. The summed E-state index contributed by atoms with van der Waals surface area (Å²) >= 11 is 0. The number of unbranched alkanes of at least 4 members (excludes halogenated alkanes) is 3. The fourth-order valence-corrected chi connectivity index (χ4v) is 2.15. The van der Waals surface area contributed by atoms with Gasteiger partial charge in [0.15, 0.2) is 5.82 Å². The Labute approximate surface area is 113 Å². The first-order chi connectivity index (χ1) is 9.19. The van der Waals surface area contributed by atoms with Crippen molar-refractivity contribution in [2.75, 3.05) is 6.54 Å². The maximum atomic E-state index is 10.8. The molecule has 0 amide bonds. The van der Waals surface area contributed by atoms with Gasteiger partial charge in [0, 0.05) is 11.3 Å². The van der Waals surface area contributed by atoms with E-state index in [0.29, 0.717) is 0 Å². The molecule has 108 valence electrons. The molecule has 1 unspecified atom stereocenters. The molecule has 19 heavy (non-hydrogen) atoms. The highest BCUT2D eigenvalue weighted by molar-refractivity contribution is 4.84. The van der Waals surface area contributed by atoms with E-state index in [0.717, 1.165) is 44.3 Å². The maximum absolute atomic E-state index is 10.8. The fourth-order valence-electron chi connectivity index (χ4n) is 2.15. The van der Waals surface area contributed by atoms with Crippen LogP contribution in [-0.2, 0) is 6.42 Å². The minimum Gasteiger partial charge on any atom is -0.264 e. The Morgan fingerprint density at radius 2 is 2.05 bits per heavy atom. The molecule has 0 spiro atoms. The largest absolute Gasteiger partial charge is 0.264 e. The van der Waals surface area contributed by atoms with Gasteiger partial charge in [0.25, 0.3) is 0 Å². The van der Waals surface area contributed by atoms with Crippen molar-refractivity contribution in [3.8, 4) is 0 Å². The predicted octanol–water partition coefficient (Wildman–Crippen LogP) is 2.41. The van der Waals surface area contributed by atoms with Gasteiger partial charge in [0.05, 0.1) is 0 Å². The zero-order valence-corrected chi connectivity index (χ0v) is 11.8. The lowest BCUT2D eigenvalue weighted by Gasteiger charge is -2.14. The lowest BCUT2D eigenvalue weighted by molar-refractivity contribution is -0.486. The molecule has 0 N–H and O–H groups in total. The SMILES string of the molecule is CCCCCCC(C[N+](=O)[O-])n1nnnc1CCC. The van der Waals surface area contributed by atoms with Crippen LogP contribution in [0.25, 0.3) is 0 Å². The summed E-state index contributed by atoms with van der Waals surface area (Å²) in [5.74, 6) is 0.754. The van der Waals surface area contributed by atoms with E-state index in [1.165, 1.54) is 6.42 Å². The first-order valence-electron chi connectivity index (χ1n) is 7.07. The number of nitro groups is 1. The average Bonchev–Trinajstić information content (AvgIpc) is 2.81. The molecule has 1 heterocycles. The molecule has 1 aromatic heterocycles. The van der Waals surface area contributed by atoms with E-state index in [4.69, 9.17) is 0 Å². The standard InChI is InChI=1S/C12H23N5O2/c1-3-5-6-7-9-11(10-16(18)19)17-12(8-4-2)13-14-15-17/h11H,3-10H2,1-2H3. The summed E-state index contributed by atoms with van der Waals surface area (Å²) in [5.41, 5.74) is 0. The summed E-state index contributed by atoms with van der Waals surface area (Å²) in [6.07, 6.45) is 6.88. The first kappa shape index (κ1) is 15.5. The summed E-state index contributed by atoms with van der Waals surface area (Å²) in [7, 11) is 0. The highest BCUT2D eigenvalue weighted by Gasteiger charge is 2.21. The maximum Gasteiger partial charge on any atom is 0.226 e. The number of rotatable bonds is 10. The van der Waals surface area contributed by atoms with Gasteiger partial charge in [-0.3, -0.25) is 10.1 Å². The van der Waals surface area contributed by atoms with Crippen molar-refractivity contribution in [2.45, 2.75) is 64.8 Å². The minimum absolute atomic E-state index is 0.103. The summed E-state index contributed by atoms with van der Waals surface area (Å²) < 4.78 is 1.65. The van der Waals surface area contributed by atoms with Crippen molar-refractivity contribution in [2.24, 2.45) is 0 Å². The van der Waals surface area contributed by atoms with Gasteiger partial charge in [-0.1, -0.05) is 39.5 Å². The molecular formula is C12H23N5O2. The second kappa shape index (κ2) is 8.55. The van der Waals surface area contributed by atoms with Crippen LogP contribution in [0.1, 0.15) is 64.2 Å². The van der Waals surface area contributed by atoms with Crippen LogP contribution in [-0.4, -0.2) is 31.7 Å². The van der Waals surface area contributed by atoms with Gasteiger partial charge in [-0.25, -0.2) is 4.68 Å². The number of nitrogens with zero attached hydrogens (tertiary/aromatic N) is 5. The van der Waals surface area contributed by atoms with Gasteiger partial charge in [0.1, 0.15) is 6.04 Å². The Hall–Kier alpha value is -1.53. The number of aromatic nitrogens is 4. The van der Waals surface area contributed by atoms with Crippen LogP contribution in [0.2, 0.25) is 0 Å². The number of hydrogen-bond acceptors (Lipinski definition) is 5. The summed E-state index contributed by atoms with van der Waals surface area (Å²) in [6, 6.07) is -0.219. The van der Waals surface area contributed by atoms with E-state index >= 15 is 0 Å². The molecule has 0 aliphatic carbocycles. The van der Waals surface area contributed by atoms with Crippen LogP contribution in [0.3, 0.4) is 0 Å². The molecule has 0 saturated carbocycles. The smallest absolute Gasteiger partial charge is 0.226 e. The summed E-state index contributed by atoms with van der Waals surface area (Å²) in [6.45, 7) is 4.09. The van der Waals surface area contributed by atoms with Crippen LogP contribution in [0.4, 0.5) is 0 Å². The van der Waals surface area contributed by atoms with Crippen LogP contribution in [0.5, 0.6) is 0 Å². The Kier molecular flexibility index (Phi) is 6.99. The molecule has 7 heteroatoms. The second-order valence-electron chi connectivity index (χ2n) is 4.81. The van der Waals surface area contributed by atoms with Gasteiger partial charge in [-0.2, -0.15) is 0 Å². The fraction of sp³-hybridized carbons (Fsp3) is 0.917. The Balaban J connectivity index is 2.66. The normalized spacial score (nSPS) is 12.5. The van der Waals surface area contributed by atoms with E-state index < -0.39 is 0 Å². The van der Waals surface area contributed by atoms with Crippen LogP contribution < -0.4 is 0 Å². The third kappa shape index (κ3) is 5.32. The second-order valence-corrected chi connectivity index (χ2v) is 4.81. The topological polar surface area (TPSA) is 86.7 Å². The zero-order chi connectivity index (χ0) is 14.1. The molecular weight excluding hydrogens is 246 g/mol. The monoisotopic (exact) mass is 269 g/mol. The van der Waals surface area contributed by atoms with Crippen molar-refractivity contribution >= 4 is 0 Å². The molecule has 0 bridgehead atoms. The average molecular weight is 269 g/mol. The van der Waals surface area contributed by atoms with Gasteiger partial charge >= 0.3 is 0 Å². The summed E-state index contributed by atoms with van der Waals surface area (Å²) in [5, 5.41) is 22.3. The van der Waals surface area contributed by atoms with Crippen molar-refractivity contribution < 1.29 is 4.92 Å². The number of tetrazole rings is 1. The molecule has 1 rings (SSSR count). The van der Waals surface area contributed by atoms with Gasteiger partial charge in [-0.05, 0) is 23.3 Å². The van der Waals surface area contributed by atoms with Crippen LogP contribution in [0, 0.1) is 10.1 Å². The third-order valence-corrected chi connectivity index (χ3v) is 3.13. The summed E-state index contributed by atoms with van der Waals surface area (Å²) in [4.78, 5) is 10.5. The zero-order valence-electron chi connectivity index (χ0n) is 11.8. The van der Waals surface area contributed by atoms with Crippen LogP contribution in [0.15, 0.2) is 0 Å². The molecule has 0 aliphatic heterocycles. The lowest BCUT2D eigenvalue weighted by atomic mass is 10.1. The lowest BCUT2D eigenvalue weighted by Crippen LogP contribution is -2.22. The molecule has 0 aliphatic rings. The predicted molar refractivity (Wildman–Crippen MR) is 71.5 cm³/mol. The van der Waals surface area contributed by atoms with E-state index in [2.05, 4.69) is 22.4 Å². The van der Waals surface area contributed by atoms with E-state index in [-0.39, 0.29) is 17.5 Å². The van der Waals surface area contributed by atoms with Crippen molar-refractivity contribution in [1.82, 2.24) is 20.2 Å². The first-order valence-corrected chi connectivity index (χ1v) is 7.07. The van der Waals surface area contributed by atoms with Gasteiger partial charge in [-0.15, -0.1) is 5.10 Å². The van der Waals surface area contributed by atoms with Crippen molar-refractivity contribution in [1.29, 1.82) is 0 Å². The molecule has 1 atom stereocenters. The van der Waals surface area contributed by atoms with E-state index in [9.17, 15) is 10.1 Å². The minimum atomic E-state index is -0.276. The third-order valence-electron chi connectivity index (χ3n) is 3.13. The molecule has 7 nitrogen and oxygen atoms in total. The highest BCUT2D eigenvalue weighted by atomic mass is 16.6. The molecule has 0 saturated heterocycles. The molecule has 0 fully saturated rings. The van der Waals surface area contributed by atoms with Crippen LogP contribution >= 0.6 is 0 Å². The molecule has 1 aromatic rings. The molecule has 0 radical (unpaired) electrons. The Morgan fingerprint density at radius 1 is 1.26 bits per heavy atom. The van der Waals surface area contributed by atoms with Crippen molar-refractivity contribution in [3.05, 3.63) is 15.9 Å². The van der Waals surface area contributed by atoms with Crippen molar-refractivity contribution in [3.63, 3.8) is 0 Å². The van der Waals surface area contributed by atoms with Gasteiger partial charge in [0.2, 0.25) is 6.54 Å². The highest BCUT2D eigenvalue weighted by Crippen LogP contribution is 2.17.